The molecule has 3 N–H and O–H groups in total. The Morgan fingerprint density at radius 2 is 1.69 bits per heavy atom. The monoisotopic (exact) mass is 391 g/mol. The quantitative estimate of drug-likeness (QED) is 0.535. The number of pyridine rings is 2. The van der Waals surface area contributed by atoms with E-state index in [-0.39, 0.29) is 5.75 Å². The Morgan fingerprint density at radius 3 is 2.38 bits per heavy atom. The molecule has 0 saturated heterocycles. The van der Waals surface area contributed by atoms with Crippen molar-refractivity contribution in [1.82, 2.24) is 19.9 Å². The summed E-state index contributed by atoms with van der Waals surface area (Å²) in [4.78, 5) is 16.2. The van der Waals surface area contributed by atoms with Gasteiger partial charge in [-0.25, -0.2) is 14.4 Å². The second-order valence-corrected chi connectivity index (χ2v) is 6.21. The molecule has 4 aromatic rings. The van der Waals surface area contributed by atoms with Crippen molar-refractivity contribution in [2.24, 2.45) is 0 Å². The number of hydrogen-bond donors (Lipinski definition) is 2. The van der Waals surface area contributed by atoms with Gasteiger partial charge >= 0.3 is 0 Å². The lowest BCUT2D eigenvalue weighted by Gasteiger charge is -2.07. The van der Waals surface area contributed by atoms with E-state index in [1.165, 1.54) is 20.3 Å². The van der Waals surface area contributed by atoms with E-state index in [2.05, 4.69) is 15.0 Å². The number of benzene rings is 1. The van der Waals surface area contributed by atoms with Crippen LogP contribution in [0.2, 0.25) is 0 Å². The number of H-pyrrole nitrogens is 1. The Labute approximate surface area is 166 Å². The highest BCUT2D eigenvalue weighted by atomic mass is 19.1. The number of anilines is 1. The van der Waals surface area contributed by atoms with Crippen LogP contribution in [0.1, 0.15) is 0 Å². The summed E-state index contributed by atoms with van der Waals surface area (Å²) in [6.07, 6.45) is 5.00. The van der Waals surface area contributed by atoms with Gasteiger partial charge in [-0.1, -0.05) is 0 Å². The summed E-state index contributed by atoms with van der Waals surface area (Å²) < 4.78 is 24.5. The molecule has 0 fully saturated rings. The first-order chi connectivity index (χ1) is 14.1. The number of nitrogens with two attached hydrogens (primary N) is 1. The van der Waals surface area contributed by atoms with E-state index in [4.69, 9.17) is 20.2 Å². The number of imidazole rings is 1. The molecule has 0 atom stereocenters. The zero-order valence-electron chi connectivity index (χ0n) is 15.8. The number of rotatable bonds is 5. The zero-order valence-corrected chi connectivity index (χ0v) is 15.8. The molecule has 0 unspecified atom stereocenters. The molecule has 1 aromatic carbocycles. The molecule has 0 amide bonds. The fraction of sp³-hybridized carbons (Fsp3) is 0.0952. The fourth-order valence-electron chi connectivity index (χ4n) is 3.01. The Bertz CT molecular complexity index is 1160. The Hall–Kier alpha value is -3.94. The van der Waals surface area contributed by atoms with Gasteiger partial charge in [0.2, 0.25) is 0 Å². The third-order valence-electron chi connectivity index (χ3n) is 4.47. The van der Waals surface area contributed by atoms with Crippen LogP contribution in [0, 0.1) is 5.82 Å². The van der Waals surface area contributed by atoms with Gasteiger partial charge in [-0.2, -0.15) is 0 Å². The standard InChI is InChI=1S/C21H18FN5O2/c1-28-16-4-3-13(9-15(16)22)21-26-18(12-5-7-24-8-6-12)19(27-21)14-10-17(29-2)20(23)25-11-14/h3-11H,1-2H3,(H2,23,25)(H,26,27). The summed E-state index contributed by atoms with van der Waals surface area (Å²) in [5, 5.41) is 0. The highest BCUT2D eigenvalue weighted by molar-refractivity contribution is 5.81. The van der Waals surface area contributed by atoms with Crippen molar-refractivity contribution in [2.75, 3.05) is 20.0 Å². The number of nitrogens with zero attached hydrogens (tertiary/aromatic N) is 3. The molecule has 0 radical (unpaired) electrons. The molecule has 0 aliphatic carbocycles. The van der Waals surface area contributed by atoms with Crippen LogP contribution >= 0.6 is 0 Å². The van der Waals surface area contributed by atoms with E-state index in [0.29, 0.717) is 34.3 Å². The first-order valence-corrected chi connectivity index (χ1v) is 8.75. The molecule has 0 aliphatic heterocycles. The maximum atomic E-state index is 14.2. The number of hydrogen-bond acceptors (Lipinski definition) is 6. The van der Waals surface area contributed by atoms with Gasteiger partial charge in [0.1, 0.15) is 5.82 Å². The van der Waals surface area contributed by atoms with Gasteiger partial charge < -0.3 is 20.2 Å². The SMILES string of the molecule is COc1ccc(-c2nc(-c3ccncc3)c(-c3cnc(N)c(OC)c3)[nH]2)cc1F. The van der Waals surface area contributed by atoms with Crippen molar-refractivity contribution in [3.63, 3.8) is 0 Å². The summed E-state index contributed by atoms with van der Waals surface area (Å²) >= 11 is 0. The van der Waals surface area contributed by atoms with E-state index in [1.807, 2.05) is 12.1 Å². The van der Waals surface area contributed by atoms with Crippen LogP contribution in [0.15, 0.2) is 55.0 Å². The maximum absolute atomic E-state index is 14.2. The van der Waals surface area contributed by atoms with Gasteiger partial charge in [-0.15, -0.1) is 0 Å². The molecule has 0 spiro atoms. The second kappa shape index (κ2) is 7.59. The first-order valence-electron chi connectivity index (χ1n) is 8.75. The summed E-state index contributed by atoms with van der Waals surface area (Å²) in [6.45, 7) is 0. The van der Waals surface area contributed by atoms with Gasteiger partial charge in [0.15, 0.2) is 23.1 Å². The van der Waals surface area contributed by atoms with E-state index >= 15 is 0 Å². The molecular weight excluding hydrogens is 373 g/mol. The topological polar surface area (TPSA) is 98.9 Å². The third kappa shape index (κ3) is 3.47. The van der Waals surface area contributed by atoms with Crippen molar-refractivity contribution in [1.29, 1.82) is 0 Å². The number of nitrogens with one attached hydrogen (secondary N) is 1. The number of aromatic nitrogens is 4. The highest BCUT2D eigenvalue weighted by Crippen LogP contribution is 2.35. The van der Waals surface area contributed by atoms with Gasteiger partial charge in [-0.3, -0.25) is 4.98 Å². The van der Waals surface area contributed by atoms with Gasteiger partial charge in [0.05, 0.1) is 25.6 Å². The maximum Gasteiger partial charge on any atom is 0.166 e. The largest absolute Gasteiger partial charge is 0.494 e. The number of nitrogen functional groups attached to an aromatic ring is 1. The van der Waals surface area contributed by atoms with Crippen LogP contribution in [-0.4, -0.2) is 34.2 Å². The summed E-state index contributed by atoms with van der Waals surface area (Å²) in [5.74, 6) is 0.948. The van der Waals surface area contributed by atoms with Crippen molar-refractivity contribution < 1.29 is 13.9 Å². The highest BCUT2D eigenvalue weighted by Gasteiger charge is 2.18. The van der Waals surface area contributed by atoms with E-state index in [9.17, 15) is 4.39 Å². The summed E-state index contributed by atoms with van der Waals surface area (Å²) in [7, 11) is 2.95. The van der Waals surface area contributed by atoms with Crippen molar-refractivity contribution in [2.45, 2.75) is 0 Å². The Kier molecular flexibility index (Phi) is 4.82. The fourth-order valence-corrected chi connectivity index (χ4v) is 3.01. The van der Waals surface area contributed by atoms with Gasteiger partial charge in [-0.05, 0) is 36.4 Å². The molecule has 146 valence electrons. The average Bonchev–Trinajstić information content (AvgIpc) is 3.20. The van der Waals surface area contributed by atoms with Crippen LogP contribution in [0.4, 0.5) is 10.2 Å². The lowest BCUT2D eigenvalue weighted by Crippen LogP contribution is -1.96. The number of aromatic amines is 1. The smallest absolute Gasteiger partial charge is 0.166 e. The molecule has 0 saturated carbocycles. The molecule has 7 nitrogen and oxygen atoms in total. The number of methoxy groups -OCH3 is 2. The summed E-state index contributed by atoms with van der Waals surface area (Å²) in [6, 6.07) is 10.1. The molecule has 29 heavy (non-hydrogen) atoms. The van der Waals surface area contributed by atoms with E-state index in [0.717, 1.165) is 11.1 Å². The molecule has 8 heteroatoms. The minimum absolute atomic E-state index is 0.169. The minimum atomic E-state index is -0.468. The molecule has 0 bridgehead atoms. The van der Waals surface area contributed by atoms with Crippen molar-refractivity contribution in [3.05, 3.63) is 60.8 Å². The van der Waals surface area contributed by atoms with Crippen LogP contribution in [-0.2, 0) is 0 Å². The number of halogens is 1. The second-order valence-electron chi connectivity index (χ2n) is 6.21. The average molecular weight is 391 g/mol. The molecule has 0 aliphatic rings. The lowest BCUT2D eigenvalue weighted by molar-refractivity contribution is 0.386. The lowest BCUT2D eigenvalue weighted by atomic mass is 10.1. The van der Waals surface area contributed by atoms with E-state index in [1.54, 1.807) is 36.8 Å². The third-order valence-corrected chi connectivity index (χ3v) is 4.47. The van der Waals surface area contributed by atoms with Crippen molar-refractivity contribution >= 4 is 5.82 Å². The Balaban J connectivity index is 1.89. The van der Waals surface area contributed by atoms with Crippen LogP contribution < -0.4 is 15.2 Å². The predicted octanol–water partition coefficient (Wildman–Crippen LogP) is 3.94. The summed E-state index contributed by atoms with van der Waals surface area (Å²) in [5.41, 5.74) is 9.38. The predicted molar refractivity (Wildman–Crippen MR) is 108 cm³/mol. The van der Waals surface area contributed by atoms with Crippen molar-refractivity contribution in [3.8, 4) is 45.4 Å². The van der Waals surface area contributed by atoms with Gasteiger partial charge in [0, 0.05) is 35.3 Å². The van der Waals surface area contributed by atoms with Crippen LogP contribution in [0.3, 0.4) is 0 Å². The zero-order chi connectivity index (χ0) is 20.4. The van der Waals surface area contributed by atoms with Gasteiger partial charge in [0.25, 0.3) is 0 Å². The van der Waals surface area contributed by atoms with Crippen LogP contribution in [0.25, 0.3) is 33.9 Å². The minimum Gasteiger partial charge on any atom is -0.494 e. The molecular formula is C21H18FN5O2. The molecule has 3 aromatic heterocycles. The molecule has 4 rings (SSSR count). The normalized spacial score (nSPS) is 10.7. The first kappa shape index (κ1) is 18.4. The van der Waals surface area contributed by atoms with E-state index < -0.39 is 5.82 Å². The molecule has 3 heterocycles. The number of ether oxygens (including phenoxy) is 2. The van der Waals surface area contributed by atoms with Crippen LogP contribution in [0.5, 0.6) is 11.5 Å². The Morgan fingerprint density at radius 1 is 0.931 bits per heavy atom.